The van der Waals surface area contributed by atoms with Gasteiger partial charge in [0, 0.05) is 11.3 Å². The van der Waals surface area contributed by atoms with Gasteiger partial charge in [-0.1, -0.05) is 30.3 Å². The molecule has 1 rings (SSSR count). The van der Waals surface area contributed by atoms with E-state index < -0.39 is 17.7 Å². The number of allylic oxidation sites excluding steroid dienone is 2. The summed E-state index contributed by atoms with van der Waals surface area (Å²) in [6, 6.07) is 8.85. The van der Waals surface area contributed by atoms with Gasteiger partial charge in [0.05, 0.1) is 14.2 Å². The third kappa shape index (κ3) is 4.12. The van der Waals surface area contributed by atoms with Gasteiger partial charge in [-0.25, -0.2) is 14.6 Å². The van der Waals surface area contributed by atoms with Crippen molar-refractivity contribution in [2.24, 2.45) is 4.99 Å². The Morgan fingerprint density at radius 1 is 0.909 bits per heavy atom. The van der Waals surface area contributed by atoms with Gasteiger partial charge >= 0.3 is 11.9 Å². The highest BCUT2D eigenvalue weighted by molar-refractivity contribution is 6.62. The molecule has 0 unspecified atom stereocenters. The van der Waals surface area contributed by atoms with Crippen LogP contribution in [0.3, 0.4) is 0 Å². The topological polar surface area (TPSA) is 82.0 Å². The maximum atomic E-state index is 11.9. The number of carbonyl (C=O) groups is 3. The molecular formula is C16H17NO5. The van der Waals surface area contributed by atoms with Gasteiger partial charge in [-0.15, -0.1) is 0 Å². The average Bonchev–Trinajstić information content (AvgIpc) is 2.52. The Morgan fingerprint density at radius 2 is 1.41 bits per heavy atom. The SMILES string of the molecule is COC(=O)C(=N/C(C)=C(/C(C)=O)c1ccccc1)C(=O)OC. The fourth-order valence-electron chi connectivity index (χ4n) is 1.86. The van der Waals surface area contributed by atoms with E-state index in [-0.39, 0.29) is 11.5 Å². The molecule has 1 aromatic rings. The molecule has 6 heteroatoms. The van der Waals surface area contributed by atoms with Crippen molar-refractivity contribution in [3.8, 4) is 0 Å². The van der Waals surface area contributed by atoms with Crippen LogP contribution in [-0.2, 0) is 23.9 Å². The zero-order valence-corrected chi connectivity index (χ0v) is 12.9. The number of nitrogens with zero attached hydrogens (tertiary/aromatic N) is 1. The fraction of sp³-hybridized carbons (Fsp3) is 0.250. The lowest BCUT2D eigenvalue weighted by molar-refractivity contribution is -0.138. The molecule has 6 nitrogen and oxygen atoms in total. The molecule has 0 saturated carbocycles. The van der Waals surface area contributed by atoms with Gasteiger partial charge < -0.3 is 9.47 Å². The molecule has 0 bridgehead atoms. The van der Waals surface area contributed by atoms with Crippen LogP contribution < -0.4 is 0 Å². The molecule has 0 N–H and O–H groups in total. The maximum Gasteiger partial charge on any atom is 0.364 e. The summed E-state index contributed by atoms with van der Waals surface area (Å²) < 4.78 is 9.01. The van der Waals surface area contributed by atoms with Crippen LogP contribution in [0.2, 0.25) is 0 Å². The fourth-order valence-corrected chi connectivity index (χ4v) is 1.86. The third-order valence-corrected chi connectivity index (χ3v) is 2.81. The van der Waals surface area contributed by atoms with E-state index in [4.69, 9.17) is 0 Å². The van der Waals surface area contributed by atoms with Crippen LogP contribution in [0, 0.1) is 0 Å². The van der Waals surface area contributed by atoms with Crippen LogP contribution in [0.5, 0.6) is 0 Å². The zero-order chi connectivity index (χ0) is 16.7. The smallest absolute Gasteiger partial charge is 0.364 e. The van der Waals surface area contributed by atoms with Crippen molar-refractivity contribution in [2.45, 2.75) is 13.8 Å². The molecule has 0 atom stereocenters. The van der Waals surface area contributed by atoms with Crippen LogP contribution in [0.4, 0.5) is 0 Å². The normalized spacial score (nSPS) is 11.1. The molecule has 1 aromatic carbocycles. The number of aliphatic imine (C=N–C) groups is 1. The number of ketones is 1. The molecule has 0 aliphatic carbocycles. The minimum Gasteiger partial charge on any atom is -0.464 e. The minimum absolute atomic E-state index is 0.226. The number of hydrogen-bond acceptors (Lipinski definition) is 6. The molecule has 0 aliphatic heterocycles. The maximum absolute atomic E-state index is 11.9. The van der Waals surface area contributed by atoms with Crippen molar-refractivity contribution >= 4 is 29.0 Å². The van der Waals surface area contributed by atoms with Crippen LogP contribution in [0.15, 0.2) is 41.0 Å². The van der Waals surface area contributed by atoms with E-state index in [1.54, 1.807) is 24.3 Å². The number of carbonyl (C=O) groups excluding carboxylic acids is 3. The molecule has 116 valence electrons. The van der Waals surface area contributed by atoms with E-state index in [2.05, 4.69) is 14.5 Å². The third-order valence-electron chi connectivity index (χ3n) is 2.81. The molecule has 0 saturated heterocycles. The second-order valence-electron chi connectivity index (χ2n) is 4.33. The van der Waals surface area contributed by atoms with Crippen LogP contribution in [0.1, 0.15) is 19.4 Å². The van der Waals surface area contributed by atoms with E-state index in [0.717, 1.165) is 14.2 Å². The summed E-state index contributed by atoms with van der Waals surface area (Å²) in [6.45, 7) is 2.92. The Balaban J connectivity index is 3.46. The number of hydrogen-bond donors (Lipinski definition) is 0. The summed E-state index contributed by atoms with van der Waals surface area (Å²) in [7, 11) is 2.26. The molecule has 0 fully saturated rings. The lowest BCUT2D eigenvalue weighted by Crippen LogP contribution is -2.26. The highest BCUT2D eigenvalue weighted by Gasteiger charge is 2.23. The highest BCUT2D eigenvalue weighted by Crippen LogP contribution is 2.20. The van der Waals surface area contributed by atoms with E-state index >= 15 is 0 Å². The Bertz CT molecular complexity index is 626. The van der Waals surface area contributed by atoms with Crippen molar-refractivity contribution in [1.29, 1.82) is 0 Å². The van der Waals surface area contributed by atoms with Gasteiger partial charge in [0.1, 0.15) is 0 Å². The van der Waals surface area contributed by atoms with Gasteiger partial charge in [-0.2, -0.15) is 0 Å². The van der Waals surface area contributed by atoms with Gasteiger partial charge in [0.25, 0.3) is 0 Å². The van der Waals surface area contributed by atoms with Gasteiger partial charge in [0.15, 0.2) is 5.78 Å². The second kappa shape index (κ2) is 7.87. The van der Waals surface area contributed by atoms with E-state index in [0.29, 0.717) is 11.1 Å². The number of benzene rings is 1. The predicted octanol–water partition coefficient (Wildman–Crippen LogP) is 1.79. The molecular weight excluding hydrogens is 286 g/mol. The summed E-state index contributed by atoms with van der Waals surface area (Å²) in [5, 5.41) is 0. The molecule has 0 spiro atoms. The Labute approximate surface area is 128 Å². The summed E-state index contributed by atoms with van der Waals surface area (Å²) in [6.07, 6.45) is 0. The first-order valence-electron chi connectivity index (χ1n) is 6.45. The molecule has 0 aromatic heterocycles. The summed E-state index contributed by atoms with van der Waals surface area (Å²) in [5.74, 6) is -2.09. The zero-order valence-electron chi connectivity index (χ0n) is 12.9. The van der Waals surface area contributed by atoms with Gasteiger partial charge in [-0.05, 0) is 19.4 Å². The standard InChI is InChI=1S/C16H17NO5/c1-10(17-14(15(19)21-3)16(20)22-4)13(11(2)18)12-8-6-5-7-9-12/h5-9H,1-4H3/b13-10-. The van der Waals surface area contributed by atoms with E-state index in [1.165, 1.54) is 13.8 Å². The monoisotopic (exact) mass is 303 g/mol. The van der Waals surface area contributed by atoms with Crippen molar-refractivity contribution < 1.29 is 23.9 Å². The molecule has 0 radical (unpaired) electrons. The van der Waals surface area contributed by atoms with Crippen molar-refractivity contribution in [2.75, 3.05) is 14.2 Å². The Morgan fingerprint density at radius 3 is 1.82 bits per heavy atom. The van der Waals surface area contributed by atoms with Crippen LogP contribution >= 0.6 is 0 Å². The predicted molar refractivity (Wildman–Crippen MR) is 81.2 cm³/mol. The lowest BCUT2D eigenvalue weighted by Gasteiger charge is -2.08. The highest BCUT2D eigenvalue weighted by atomic mass is 16.5. The number of rotatable bonds is 5. The molecule has 22 heavy (non-hydrogen) atoms. The first-order valence-corrected chi connectivity index (χ1v) is 6.45. The average molecular weight is 303 g/mol. The van der Waals surface area contributed by atoms with Crippen molar-refractivity contribution in [3.63, 3.8) is 0 Å². The van der Waals surface area contributed by atoms with E-state index in [1.807, 2.05) is 6.07 Å². The summed E-state index contributed by atoms with van der Waals surface area (Å²) in [5.41, 5.74) is 0.665. The first kappa shape index (κ1) is 17.3. The quantitative estimate of drug-likeness (QED) is 0.358. The van der Waals surface area contributed by atoms with Crippen LogP contribution in [-0.4, -0.2) is 37.7 Å². The van der Waals surface area contributed by atoms with Gasteiger partial charge in [-0.3, -0.25) is 4.79 Å². The largest absolute Gasteiger partial charge is 0.464 e. The van der Waals surface area contributed by atoms with Crippen molar-refractivity contribution in [3.05, 3.63) is 41.6 Å². The minimum atomic E-state index is -0.929. The Kier molecular flexibility index (Phi) is 6.19. The second-order valence-corrected chi connectivity index (χ2v) is 4.33. The number of methoxy groups -OCH3 is 2. The molecule has 0 heterocycles. The number of esters is 2. The number of Topliss-reactive ketones (excluding diaryl/α,β-unsaturated/α-hetero) is 1. The molecule has 0 aliphatic rings. The first-order chi connectivity index (χ1) is 10.4. The summed E-state index contributed by atoms with van der Waals surface area (Å²) in [4.78, 5) is 39.1. The van der Waals surface area contributed by atoms with Gasteiger partial charge in [0.2, 0.25) is 5.71 Å². The molecule has 0 amide bonds. The Hall–Kier alpha value is -2.76. The summed E-state index contributed by atoms with van der Waals surface area (Å²) >= 11 is 0. The van der Waals surface area contributed by atoms with Crippen LogP contribution in [0.25, 0.3) is 5.57 Å². The van der Waals surface area contributed by atoms with Crippen molar-refractivity contribution in [1.82, 2.24) is 0 Å². The lowest BCUT2D eigenvalue weighted by atomic mass is 10.0. The van der Waals surface area contributed by atoms with E-state index in [9.17, 15) is 14.4 Å². The number of ether oxygens (including phenoxy) is 2.